The Kier molecular flexibility index (Phi) is 2.37. The van der Waals surface area contributed by atoms with Crippen LogP contribution in [-0.2, 0) is 0 Å². The third kappa shape index (κ3) is 1.56. The molecule has 0 atom stereocenters. The van der Waals surface area contributed by atoms with E-state index in [2.05, 4.69) is 9.97 Å². The maximum atomic E-state index is 13.2. The zero-order valence-corrected chi connectivity index (χ0v) is 8.32. The van der Waals surface area contributed by atoms with E-state index in [1.807, 2.05) is 0 Å². The van der Waals surface area contributed by atoms with E-state index in [0.717, 1.165) is 0 Å². The third-order valence-corrected chi connectivity index (χ3v) is 2.00. The number of ether oxygens (including phenoxy) is 2. The molecule has 1 aromatic carbocycles. The average Bonchev–Trinajstić information content (AvgIpc) is 2.27. The van der Waals surface area contributed by atoms with Crippen LogP contribution in [0.1, 0.15) is 0 Å². The molecular weight excluding hydrogens is 199 g/mol. The molecule has 0 bridgehead atoms. The lowest BCUT2D eigenvalue weighted by atomic mass is 10.3. The number of benzene rings is 1. The molecule has 0 fully saturated rings. The molecular formula is C10H9FN2O2. The molecule has 2 rings (SSSR count). The molecule has 2 aromatic rings. The van der Waals surface area contributed by atoms with Crippen molar-refractivity contribution >= 4 is 11.0 Å². The number of hydrogen-bond donors (Lipinski definition) is 0. The smallest absolute Gasteiger partial charge is 0.276 e. The van der Waals surface area contributed by atoms with Crippen LogP contribution < -0.4 is 9.47 Å². The molecule has 0 aliphatic heterocycles. The fourth-order valence-electron chi connectivity index (χ4n) is 1.31. The molecule has 0 radical (unpaired) electrons. The minimum Gasteiger partial charge on any atom is -0.494 e. The van der Waals surface area contributed by atoms with Crippen molar-refractivity contribution in [3.8, 4) is 11.6 Å². The monoisotopic (exact) mass is 208 g/mol. The fourth-order valence-corrected chi connectivity index (χ4v) is 1.31. The largest absolute Gasteiger partial charge is 0.494 e. The first kappa shape index (κ1) is 9.64. The normalized spacial score (nSPS) is 10.3. The van der Waals surface area contributed by atoms with Crippen LogP contribution in [0.15, 0.2) is 18.2 Å². The Morgan fingerprint density at radius 2 is 1.93 bits per heavy atom. The van der Waals surface area contributed by atoms with Gasteiger partial charge in [0.15, 0.2) is 0 Å². The van der Waals surface area contributed by atoms with E-state index in [1.54, 1.807) is 18.2 Å². The van der Waals surface area contributed by atoms with E-state index < -0.39 is 5.95 Å². The Balaban J connectivity index is 2.76. The molecule has 0 amide bonds. The maximum Gasteiger partial charge on any atom is 0.276 e. The molecule has 0 unspecified atom stereocenters. The number of fused-ring (bicyclic) bond motifs is 1. The molecule has 1 heterocycles. The Bertz CT molecular complexity index is 502. The van der Waals surface area contributed by atoms with Crippen molar-refractivity contribution in [3.05, 3.63) is 24.1 Å². The van der Waals surface area contributed by atoms with Crippen molar-refractivity contribution in [3.63, 3.8) is 0 Å². The van der Waals surface area contributed by atoms with E-state index >= 15 is 0 Å². The topological polar surface area (TPSA) is 44.2 Å². The van der Waals surface area contributed by atoms with Crippen molar-refractivity contribution in [1.29, 1.82) is 0 Å². The first-order valence-corrected chi connectivity index (χ1v) is 4.30. The minimum atomic E-state index is -0.724. The Morgan fingerprint density at radius 3 is 2.60 bits per heavy atom. The van der Waals surface area contributed by atoms with E-state index in [1.165, 1.54) is 14.2 Å². The van der Waals surface area contributed by atoms with E-state index in [4.69, 9.17) is 9.47 Å². The van der Waals surface area contributed by atoms with Crippen LogP contribution in [0.2, 0.25) is 0 Å². The number of aromatic nitrogens is 2. The fraction of sp³-hybridized carbons (Fsp3) is 0.200. The van der Waals surface area contributed by atoms with Crippen LogP contribution in [0.5, 0.6) is 11.6 Å². The molecule has 4 nitrogen and oxygen atoms in total. The first-order chi connectivity index (χ1) is 7.26. The van der Waals surface area contributed by atoms with Gasteiger partial charge in [0.25, 0.3) is 11.8 Å². The molecule has 0 saturated heterocycles. The second-order valence-electron chi connectivity index (χ2n) is 2.85. The zero-order chi connectivity index (χ0) is 10.8. The lowest BCUT2D eigenvalue weighted by molar-refractivity contribution is 0.361. The number of para-hydroxylation sites is 1. The summed E-state index contributed by atoms with van der Waals surface area (Å²) in [6, 6.07) is 5.11. The van der Waals surface area contributed by atoms with Gasteiger partial charge in [0.1, 0.15) is 11.3 Å². The number of rotatable bonds is 2. The summed E-state index contributed by atoms with van der Waals surface area (Å²) in [6.07, 6.45) is 0. The van der Waals surface area contributed by atoms with Crippen LogP contribution in [-0.4, -0.2) is 24.2 Å². The van der Waals surface area contributed by atoms with Gasteiger partial charge in [0.2, 0.25) is 0 Å². The van der Waals surface area contributed by atoms with Crippen molar-refractivity contribution in [2.24, 2.45) is 0 Å². The number of methoxy groups -OCH3 is 2. The molecule has 0 spiro atoms. The van der Waals surface area contributed by atoms with Crippen LogP contribution in [0.4, 0.5) is 4.39 Å². The van der Waals surface area contributed by atoms with E-state index in [9.17, 15) is 4.39 Å². The summed E-state index contributed by atoms with van der Waals surface area (Å²) in [5.74, 6) is -0.316. The predicted molar refractivity (Wildman–Crippen MR) is 52.6 cm³/mol. The summed E-state index contributed by atoms with van der Waals surface area (Å²) in [5, 5.41) is 0. The summed E-state index contributed by atoms with van der Waals surface area (Å²) < 4.78 is 23.1. The second-order valence-corrected chi connectivity index (χ2v) is 2.85. The molecule has 0 saturated carbocycles. The van der Waals surface area contributed by atoms with Crippen LogP contribution in [0.25, 0.3) is 11.0 Å². The highest BCUT2D eigenvalue weighted by molar-refractivity contribution is 5.81. The van der Waals surface area contributed by atoms with Gasteiger partial charge in [-0.1, -0.05) is 6.07 Å². The molecule has 1 aromatic heterocycles. The Morgan fingerprint density at radius 1 is 1.13 bits per heavy atom. The van der Waals surface area contributed by atoms with Crippen LogP contribution in [0, 0.1) is 5.95 Å². The highest BCUT2D eigenvalue weighted by atomic mass is 19.1. The molecule has 15 heavy (non-hydrogen) atoms. The number of halogens is 1. The highest BCUT2D eigenvalue weighted by Gasteiger charge is 2.11. The second kappa shape index (κ2) is 3.68. The van der Waals surface area contributed by atoms with Crippen molar-refractivity contribution in [2.75, 3.05) is 14.2 Å². The summed E-state index contributed by atoms with van der Waals surface area (Å²) >= 11 is 0. The van der Waals surface area contributed by atoms with Gasteiger partial charge in [-0.2, -0.15) is 4.39 Å². The van der Waals surface area contributed by atoms with Gasteiger partial charge < -0.3 is 9.47 Å². The minimum absolute atomic E-state index is 0.132. The molecule has 0 N–H and O–H groups in total. The summed E-state index contributed by atoms with van der Waals surface area (Å²) in [5.41, 5.74) is 0.922. The van der Waals surface area contributed by atoms with Crippen LogP contribution >= 0.6 is 0 Å². The van der Waals surface area contributed by atoms with Gasteiger partial charge in [-0.05, 0) is 12.1 Å². The predicted octanol–water partition coefficient (Wildman–Crippen LogP) is 1.79. The van der Waals surface area contributed by atoms with Crippen molar-refractivity contribution in [1.82, 2.24) is 9.97 Å². The van der Waals surface area contributed by atoms with Gasteiger partial charge in [-0.3, -0.25) is 0 Å². The van der Waals surface area contributed by atoms with Crippen LogP contribution in [0.3, 0.4) is 0 Å². The Labute approximate surface area is 85.7 Å². The average molecular weight is 208 g/mol. The summed E-state index contributed by atoms with van der Waals surface area (Å²) in [6.45, 7) is 0. The van der Waals surface area contributed by atoms with Gasteiger partial charge >= 0.3 is 0 Å². The lowest BCUT2D eigenvalue weighted by Crippen LogP contribution is -1.97. The highest BCUT2D eigenvalue weighted by Crippen LogP contribution is 2.25. The summed E-state index contributed by atoms with van der Waals surface area (Å²) in [4.78, 5) is 7.70. The Hall–Kier alpha value is -1.91. The molecule has 0 aliphatic rings. The third-order valence-electron chi connectivity index (χ3n) is 2.00. The summed E-state index contributed by atoms with van der Waals surface area (Å²) in [7, 11) is 2.86. The van der Waals surface area contributed by atoms with Gasteiger partial charge in [0, 0.05) is 0 Å². The quantitative estimate of drug-likeness (QED) is 0.754. The van der Waals surface area contributed by atoms with Gasteiger partial charge in [-0.15, -0.1) is 0 Å². The standard InChI is InChI=1S/C10H9FN2O2/c1-14-7-5-3-4-6-8(7)13-10(15-2)9(11)12-6/h3-5H,1-2H3. The maximum absolute atomic E-state index is 13.2. The number of hydrogen-bond acceptors (Lipinski definition) is 4. The van der Waals surface area contributed by atoms with Gasteiger partial charge in [0.05, 0.1) is 19.7 Å². The van der Waals surface area contributed by atoms with Crippen molar-refractivity contribution in [2.45, 2.75) is 0 Å². The first-order valence-electron chi connectivity index (χ1n) is 4.30. The number of nitrogens with zero attached hydrogens (tertiary/aromatic N) is 2. The lowest BCUT2D eigenvalue weighted by Gasteiger charge is -2.05. The van der Waals surface area contributed by atoms with Gasteiger partial charge in [-0.25, -0.2) is 9.97 Å². The molecule has 0 aliphatic carbocycles. The van der Waals surface area contributed by atoms with E-state index in [0.29, 0.717) is 16.8 Å². The zero-order valence-electron chi connectivity index (χ0n) is 8.32. The van der Waals surface area contributed by atoms with E-state index in [-0.39, 0.29) is 5.88 Å². The SMILES string of the molecule is COc1nc2c(OC)cccc2nc1F. The van der Waals surface area contributed by atoms with Crippen molar-refractivity contribution < 1.29 is 13.9 Å². The molecule has 78 valence electrons. The molecule has 5 heteroatoms.